The largest absolute Gasteiger partial charge is 0.342 e. The molecule has 1 saturated heterocycles. The van der Waals surface area contributed by atoms with Gasteiger partial charge in [0.15, 0.2) is 5.78 Å². The first-order valence-corrected chi connectivity index (χ1v) is 12.4. The van der Waals surface area contributed by atoms with Crippen LogP contribution in [0.4, 0.5) is 0 Å². The van der Waals surface area contributed by atoms with E-state index in [9.17, 15) is 14.4 Å². The van der Waals surface area contributed by atoms with Crippen LogP contribution in [0.1, 0.15) is 63.3 Å². The maximum absolute atomic E-state index is 14.1. The number of Topliss-reactive ketones (excluding diaryl/α,β-unsaturated/α-hetero) is 1. The Labute approximate surface area is 202 Å². The average molecular weight is 462 g/mol. The predicted molar refractivity (Wildman–Crippen MR) is 131 cm³/mol. The van der Waals surface area contributed by atoms with E-state index >= 15 is 0 Å². The van der Waals surface area contributed by atoms with Crippen LogP contribution in [0.2, 0.25) is 0 Å². The van der Waals surface area contributed by atoms with Crippen molar-refractivity contribution in [1.29, 1.82) is 0 Å². The van der Waals surface area contributed by atoms with Crippen LogP contribution in [0.25, 0.3) is 0 Å². The summed E-state index contributed by atoms with van der Waals surface area (Å²) in [6, 6.07) is 9.67. The highest BCUT2D eigenvalue weighted by molar-refractivity contribution is 6.00. The van der Waals surface area contributed by atoms with E-state index in [2.05, 4.69) is 22.4 Å². The van der Waals surface area contributed by atoms with Gasteiger partial charge in [-0.1, -0.05) is 58.0 Å². The summed E-state index contributed by atoms with van der Waals surface area (Å²) in [6.45, 7) is 8.05. The highest BCUT2D eigenvalue weighted by Crippen LogP contribution is 2.36. The number of rotatable bonds is 8. The van der Waals surface area contributed by atoms with Crippen molar-refractivity contribution in [3.63, 3.8) is 0 Å². The Morgan fingerprint density at radius 1 is 1.03 bits per heavy atom. The molecule has 1 N–H and O–H groups in total. The quantitative estimate of drug-likeness (QED) is 0.647. The zero-order chi connectivity index (χ0) is 24.4. The van der Waals surface area contributed by atoms with Crippen LogP contribution in [-0.2, 0) is 27.2 Å². The Morgan fingerprint density at radius 2 is 1.71 bits per heavy atom. The second-order valence-corrected chi connectivity index (χ2v) is 10.6. The Bertz CT molecular complexity index is 1020. The van der Waals surface area contributed by atoms with E-state index in [1.807, 2.05) is 45.9 Å². The summed E-state index contributed by atoms with van der Waals surface area (Å²) in [4.78, 5) is 47.0. The zero-order valence-corrected chi connectivity index (χ0v) is 20.5. The molecule has 1 aromatic carbocycles. The van der Waals surface area contributed by atoms with Gasteiger partial charge in [0.05, 0.1) is 0 Å². The Balaban J connectivity index is 1.73. The maximum atomic E-state index is 14.1. The molecule has 180 valence electrons. The second kappa shape index (κ2) is 10.1. The molecule has 2 aliphatic rings. The Morgan fingerprint density at radius 3 is 2.26 bits per heavy atom. The fraction of sp³-hybridized carbons (Fsp3) is 0.500. The number of ketones is 1. The number of pyridine rings is 1. The lowest BCUT2D eigenvalue weighted by Crippen LogP contribution is -2.66. The van der Waals surface area contributed by atoms with E-state index in [-0.39, 0.29) is 35.4 Å². The van der Waals surface area contributed by atoms with Crippen molar-refractivity contribution in [1.82, 2.24) is 15.2 Å². The number of hydrogen-bond acceptors (Lipinski definition) is 4. The number of nitrogens with zero attached hydrogens (tertiary/aromatic N) is 2. The van der Waals surface area contributed by atoms with Gasteiger partial charge in [-0.05, 0) is 54.2 Å². The van der Waals surface area contributed by atoms with Crippen LogP contribution in [0.5, 0.6) is 0 Å². The summed E-state index contributed by atoms with van der Waals surface area (Å²) in [5, 5.41) is 3.06. The fourth-order valence-corrected chi connectivity index (χ4v) is 5.43. The van der Waals surface area contributed by atoms with Crippen molar-refractivity contribution in [3.05, 3.63) is 65.5 Å². The lowest BCUT2D eigenvalue weighted by atomic mass is 9.86. The highest BCUT2D eigenvalue weighted by atomic mass is 16.2. The fourth-order valence-electron chi connectivity index (χ4n) is 5.43. The third-order valence-corrected chi connectivity index (χ3v) is 6.90. The molecular weight excluding hydrogens is 426 g/mol. The smallest absolute Gasteiger partial charge is 0.247 e. The molecule has 4 rings (SSSR count). The van der Waals surface area contributed by atoms with E-state index in [1.165, 1.54) is 11.1 Å². The van der Waals surface area contributed by atoms with Crippen LogP contribution in [0.3, 0.4) is 0 Å². The lowest BCUT2D eigenvalue weighted by Gasteiger charge is -2.45. The molecule has 1 aromatic heterocycles. The van der Waals surface area contributed by atoms with Crippen LogP contribution >= 0.6 is 0 Å². The monoisotopic (exact) mass is 461 g/mol. The summed E-state index contributed by atoms with van der Waals surface area (Å²) < 4.78 is 0. The SMILES string of the molecule is CC(C)CC(=O)C(c1cccnc1)N1C(=O)[C@@H](C2Cc3ccccc3C2)NC(=O)[C@H]1CC(C)C. The topological polar surface area (TPSA) is 79.4 Å². The number of hydrogen-bond donors (Lipinski definition) is 1. The summed E-state index contributed by atoms with van der Waals surface area (Å²) in [7, 11) is 0. The minimum atomic E-state index is -0.815. The minimum absolute atomic E-state index is 0.0221. The number of carbonyl (C=O) groups excluding carboxylic acids is 3. The molecule has 2 heterocycles. The van der Waals surface area contributed by atoms with Crippen molar-refractivity contribution >= 4 is 17.6 Å². The van der Waals surface area contributed by atoms with Gasteiger partial charge in [-0.2, -0.15) is 0 Å². The number of benzene rings is 1. The molecular formula is C28H35N3O3. The van der Waals surface area contributed by atoms with Gasteiger partial charge in [-0.3, -0.25) is 19.4 Å². The molecule has 2 amide bonds. The molecule has 0 saturated carbocycles. The first-order chi connectivity index (χ1) is 16.3. The van der Waals surface area contributed by atoms with Gasteiger partial charge in [0.25, 0.3) is 0 Å². The lowest BCUT2D eigenvalue weighted by molar-refractivity contribution is -0.157. The average Bonchev–Trinajstić information content (AvgIpc) is 3.22. The van der Waals surface area contributed by atoms with Crippen LogP contribution in [0, 0.1) is 17.8 Å². The molecule has 34 heavy (non-hydrogen) atoms. The summed E-state index contributed by atoms with van der Waals surface area (Å²) in [5.41, 5.74) is 3.12. The number of amides is 2. The number of piperazine rings is 1. The molecule has 1 fully saturated rings. The van der Waals surface area contributed by atoms with Crippen molar-refractivity contribution in [2.24, 2.45) is 17.8 Å². The minimum Gasteiger partial charge on any atom is -0.342 e. The Hall–Kier alpha value is -3.02. The molecule has 1 aliphatic heterocycles. The van der Waals surface area contributed by atoms with E-state index in [0.717, 1.165) is 12.8 Å². The summed E-state index contributed by atoms with van der Waals surface area (Å²) in [5.74, 6) is -0.0639. The first kappa shape index (κ1) is 24.1. The van der Waals surface area contributed by atoms with Crippen LogP contribution in [-0.4, -0.2) is 39.6 Å². The number of nitrogens with one attached hydrogen (secondary N) is 1. The van der Waals surface area contributed by atoms with Gasteiger partial charge >= 0.3 is 0 Å². The third kappa shape index (κ3) is 4.91. The van der Waals surface area contributed by atoms with Gasteiger partial charge in [-0.25, -0.2) is 0 Å². The zero-order valence-electron chi connectivity index (χ0n) is 20.5. The second-order valence-electron chi connectivity index (χ2n) is 10.6. The first-order valence-electron chi connectivity index (χ1n) is 12.4. The van der Waals surface area contributed by atoms with Gasteiger partial charge in [0, 0.05) is 24.4 Å². The van der Waals surface area contributed by atoms with Crippen molar-refractivity contribution in [2.75, 3.05) is 0 Å². The number of aromatic nitrogens is 1. The van der Waals surface area contributed by atoms with Crippen LogP contribution in [0.15, 0.2) is 48.8 Å². The highest BCUT2D eigenvalue weighted by Gasteiger charge is 2.49. The van der Waals surface area contributed by atoms with E-state index < -0.39 is 18.1 Å². The molecule has 0 spiro atoms. The maximum Gasteiger partial charge on any atom is 0.247 e. The van der Waals surface area contributed by atoms with Gasteiger partial charge in [-0.15, -0.1) is 0 Å². The Kier molecular flexibility index (Phi) is 7.15. The predicted octanol–water partition coefficient (Wildman–Crippen LogP) is 3.89. The van der Waals surface area contributed by atoms with E-state index in [0.29, 0.717) is 18.4 Å². The van der Waals surface area contributed by atoms with Crippen molar-refractivity contribution < 1.29 is 14.4 Å². The number of fused-ring (bicyclic) bond motifs is 1. The van der Waals surface area contributed by atoms with E-state index in [4.69, 9.17) is 0 Å². The molecule has 0 bridgehead atoms. The molecule has 6 nitrogen and oxygen atoms in total. The molecule has 2 aromatic rings. The van der Waals surface area contributed by atoms with Gasteiger partial charge < -0.3 is 10.2 Å². The molecule has 6 heteroatoms. The van der Waals surface area contributed by atoms with Crippen molar-refractivity contribution in [3.8, 4) is 0 Å². The molecule has 1 aliphatic carbocycles. The molecule has 3 atom stereocenters. The third-order valence-electron chi connectivity index (χ3n) is 6.90. The van der Waals surface area contributed by atoms with Crippen molar-refractivity contribution in [2.45, 2.75) is 71.5 Å². The normalized spacial score (nSPS) is 21.6. The number of carbonyl (C=O) groups is 3. The van der Waals surface area contributed by atoms with Gasteiger partial charge in [0.1, 0.15) is 18.1 Å². The van der Waals surface area contributed by atoms with Crippen LogP contribution < -0.4 is 5.32 Å². The van der Waals surface area contributed by atoms with E-state index in [1.54, 1.807) is 23.4 Å². The molecule has 0 radical (unpaired) electrons. The van der Waals surface area contributed by atoms with Gasteiger partial charge in [0.2, 0.25) is 11.8 Å². The summed E-state index contributed by atoms with van der Waals surface area (Å²) in [6.07, 6.45) is 5.62. The molecule has 1 unspecified atom stereocenters. The summed E-state index contributed by atoms with van der Waals surface area (Å²) >= 11 is 0. The standard InChI is InChI=1S/C28H35N3O3/c1-17(2)12-23-27(33)30-25(22-14-19-8-5-6-9-20(19)15-22)28(34)31(23)26(24(32)13-18(3)4)21-10-7-11-29-16-21/h5-11,16-18,22-23,25-26H,12-15H2,1-4H3,(H,30,33)/t23-,25-,26?/m1/s1.